The van der Waals surface area contributed by atoms with Crippen LogP contribution in [0.25, 0.3) is 16.8 Å². The first-order valence-corrected chi connectivity index (χ1v) is 11.1. The van der Waals surface area contributed by atoms with E-state index in [1.807, 2.05) is 42.5 Å². The molecule has 0 bridgehead atoms. The molecule has 0 saturated carbocycles. The summed E-state index contributed by atoms with van der Waals surface area (Å²) in [6, 6.07) is 25.9. The first kappa shape index (κ1) is 23.4. The molecular formula is C29H23N3O3. The Kier molecular flexibility index (Phi) is 6.70. The van der Waals surface area contributed by atoms with Gasteiger partial charge in [-0.05, 0) is 59.9 Å². The minimum absolute atomic E-state index is 0.0884. The minimum Gasteiger partial charge on any atom is -0.321 e. The molecule has 0 aliphatic heterocycles. The number of anilines is 1. The molecule has 0 saturated heterocycles. The Morgan fingerprint density at radius 2 is 1.74 bits per heavy atom. The lowest BCUT2D eigenvalue weighted by Gasteiger charge is -2.13. The number of nitro benzene ring substituents is 1. The lowest BCUT2D eigenvalue weighted by Crippen LogP contribution is -2.13. The average molecular weight is 462 g/mol. The van der Waals surface area contributed by atoms with Crippen LogP contribution in [0.15, 0.2) is 84.4 Å². The molecule has 4 aromatic carbocycles. The Morgan fingerprint density at radius 1 is 1.00 bits per heavy atom. The van der Waals surface area contributed by atoms with Crippen LogP contribution in [0.4, 0.5) is 11.4 Å². The predicted molar refractivity (Wildman–Crippen MR) is 138 cm³/mol. The number of benzene rings is 4. The first-order chi connectivity index (χ1) is 16.8. The third-order valence-electron chi connectivity index (χ3n) is 5.71. The second kappa shape index (κ2) is 10.0. The molecule has 0 aliphatic carbocycles. The Balaban J connectivity index is 1.76. The topological polar surface area (TPSA) is 96.0 Å². The number of nitrogens with zero attached hydrogens (tertiary/aromatic N) is 2. The number of nitrogens with one attached hydrogen (secondary N) is 1. The van der Waals surface area contributed by atoms with Crippen LogP contribution in [0.5, 0.6) is 0 Å². The first-order valence-electron chi connectivity index (χ1n) is 11.1. The fraction of sp³-hybridized carbons (Fsp3) is 0.103. The lowest BCUT2D eigenvalue weighted by molar-refractivity contribution is -0.384. The van der Waals surface area contributed by atoms with Crippen LogP contribution in [0.3, 0.4) is 0 Å². The molecule has 4 aromatic rings. The van der Waals surface area contributed by atoms with Gasteiger partial charge in [0, 0.05) is 17.8 Å². The van der Waals surface area contributed by atoms with Gasteiger partial charge in [0.2, 0.25) is 0 Å². The summed E-state index contributed by atoms with van der Waals surface area (Å²) in [5, 5.41) is 25.4. The van der Waals surface area contributed by atoms with E-state index in [0.717, 1.165) is 27.5 Å². The summed E-state index contributed by atoms with van der Waals surface area (Å²) >= 11 is 0. The van der Waals surface area contributed by atoms with E-state index in [-0.39, 0.29) is 16.9 Å². The highest BCUT2D eigenvalue weighted by Gasteiger charge is 2.15. The molecule has 0 aliphatic rings. The van der Waals surface area contributed by atoms with E-state index in [1.165, 1.54) is 29.3 Å². The number of carbonyl (C=O) groups is 1. The highest BCUT2D eigenvalue weighted by Crippen LogP contribution is 2.28. The van der Waals surface area contributed by atoms with Gasteiger partial charge in [0.15, 0.2) is 0 Å². The number of nitriles is 1. The van der Waals surface area contributed by atoms with Crippen LogP contribution in [0.1, 0.15) is 27.8 Å². The van der Waals surface area contributed by atoms with Crippen LogP contribution >= 0.6 is 0 Å². The van der Waals surface area contributed by atoms with Crippen molar-refractivity contribution in [1.82, 2.24) is 0 Å². The summed E-state index contributed by atoms with van der Waals surface area (Å²) in [6.07, 6.45) is 2.25. The van der Waals surface area contributed by atoms with Crippen molar-refractivity contribution in [2.45, 2.75) is 20.3 Å². The highest BCUT2D eigenvalue weighted by molar-refractivity contribution is 6.11. The maximum absolute atomic E-state index is 13.0. The van der Waals surface area contributed by atoms with Gasteiger partial charge in [0.1, 0.15) is 11.6 Å². The molecule has 6 nitrogen and oxygen atoms in total. The number of fused-ring (bicyclic) bond motifs is 1. The summed E-state index contributed by atoms with van der Waals surface area (Å²) in [5.74, 6) is -0.627. The van der Waals surface area contributed by atoms with Crippen LogP contribution < -0.4 is 5.32 Å². The van der Waals surface area contributed by atoms with Gasteiger partial charge in [-0.15, -0.1) is 0 Å². The van der Waals surface area contributed by atoms with Gasteiger partial charge in [0.05, 0.1) is 4.92 Å². The van der Waals surface area contributed by atoms with Crippen molar-refractivity contribution in [1.29, 1.82) is 5.26 Å². The number of nitro groups is 1. The van der Waals surface area contributed by atoms with Crippen molar-refractivity contribution in [3.8, 4) is 6.07 Å². The number of aryl methyl sites for hydroxylation is 2. The molecule has 0 radical (unpaired) electrons. The summed E-state index contributed by atoms with van der Waals surface area (Å²) in [7, 11) is 0. The van der Waals surface area contributed by atoms with Crippen molar-refractivity contribution >= 4 is 34.1 Å². The molecule has 0 fully saturated rings. The zero-order valence-corrected chi connectivity index (χ0v) is 19.4. The van der Waals surface area contributed by atoms with Crippen molar-refractivity contribution in [3.63, 3.8) is 0 Å². The molecule has 1 N–H and O–H groups in total. The quantitative estimate of drug-likeness (QED) is 0.153. The van der Waals surface area contributed by atoms with Gasteiger partial charge < -0.3 is 5.32 Å². The van der Waals surface area contributed by atoms with Crippen molar-refractivity contribution < 1.29 is 9.72 Å². The molecule has 1 amide bonds. The molecule has 0 spiro atoms. The van der Waals surface area contributed by atoms with Crippen molar-refractivity contribution in [2.24, 2.45) is 0 Å². The van der Waals surface area contributed by atoms with Gasteiger partial charge in [-0.25, -0.2) is 0 Å². The fourth-order valence-electron chi connectivity index (χ4n) is 4.24. The SMILES string of the molecule is Cc1cc(C)cc(Cc2ccc3ccccc3c2/C=C(\C#N)C(=O)Nc2cccc([N+](=O)[O-])c2)c1. The molecule has 4 rings (SSSR count). The smallest absolute Gasteiger partial charge is 0.271 e. The van der Waals surface area contributed by atoms with E-state index in [4.69, 9.17) is 0 Å². The van der Waals surface area contributed by atoms with Gasteiger partial charge in [-0.1, -0.05) is 71.8 Å². The largest absolute Gasteiger partial charge is 0.321 e. The number of hydrogen-bond donors (Lipinski definition) is 1. The molecule has 0 heterocycles. The minimum atomic E-state index is -0.627. The van der Waals surface area contributed by atoms with E-state index in [9.17, 15) is 20.2 Å². The summed E-state index contributed by atoms with van der Waals surface area (Å²) < 4.78 is 0. The van der Waals surface area contributed by atoms with Crippen molar-refractivity contribution in [3.05, 3.63) is 122 Å². The van der Waals surface area contributed by atoms with Crippen LogP contribution in [-0.4, -0.2) is 10.8 Å². The molecule has 0 unspecified atom stereocenters. The van der Waals surface area contributed by atoms with Gasteiger partial charge in [-0.2, -0.15) is 5.26 Å². The third kappa shape index (κ3) is 5.43. The van der Waals surface area contributed by atoms with E-state index in [1.54, 1.807) is 12.1 Å². The second-order valence-electron chi connectivity index (χ2n) is 8.46. The average Bonchev–Trinajstić information content (AvgIpc) is 2.82. The standard InChI is InChI=1S/C29H23N3O3/c1-19-12-20(2)14-21(13-19)15-23-11-10-22-6-3-4-9-27(22)28(23)16-24(18-30)29(33)31-25-7-5-8-26(17-25)32(34)35/h3-14,16-17H,15H2,1-2H3,(H,31,33)/b24-16+. The molecule has 0 aromatic heterocycles. The Labute approximate surface area is 203 Å². The number of non-ortho nitro benzene ring substituents is 1. The maximum atomic E-state index is 13.0. The molecule has 6 heteroatoms. The van der Waals surface area contributed by atoms with Crippen LogP contribution in [0, 0.1) is 35.3 Å². The van der Waals surface area contributed by atoms with Crippen LogP contribution in [0.2, 0.25) is 0 Å². The van der Waals surface area contributed by atoms with Gasteiger partial charge >= 0.3 is 0 Å². The summed E-state index contributed by atoms with van der Waals surface area (Å²) in [6.45, 7) is 4.12. The third-order valence-corrected chi connectivity index (χ3v) is 5.71. The van der Waals surface area contributed by atoms with Crippen LogP contribution in [-0.2, 0) is 11.2 Å². The zero-order valence-electron chi connectivity index (χ0n) is 19.4. The maximum Gasteiger partial charge on any atom is 0.271 e. The number of rotatable bonds is 6. The molecular weight excluding hydrogens is 438 g/mol. The zero-order chi connectivity index (χ0) is 24.9. The number of amides is 1. The predicted octanol–water partition coefficient (Wildman–Crippen LogP) is 6.50. The fourth-order valence-corrected chi connectivity index (χ4v) is 4.24. The van der Waals surface area contributed by atoms with E-state index in [2.05, 4.69) is 37.4 Å². The molecule has 35 heavy (non-hydrogen) atoms. The molecule has 0 atom stereocenters. The lowest BCUT2D eigenvalue weighted by atomic mass is 9.92. The van der Waals surface area contributed by atoms with E-state index < -0.39 is 10.8 Å². The van der Waals surface area contributed by atoms with Crippen molar-refractivity contribution in [2.75, 3.05) is 5.32 Å². The molecule has 172 valence electrons. The monoisotopic (exact) mass is 461 g/mol. The number of carbonyl (C=O) groups excluding carboxylic acids is 1. The second-order valence-corrected chi connectivity index (χ2v) is 8.46. The van der Waals surface area contributed by atoms with Gasteiger partial charge in [-0.3, -0.25) is 14.9 Å². The highest BCUT2D eigenvalue weighted by atomic mass is 16.6. The Bertz CT molecular complexity index is 1510. The van der Waals surface area contributed by atoms with E-state index >= 15 is 0 Å². The van der Waals surface area contributed by atoms with E-state index in [0.29, 0.717) is 6.42 Å². The summed E-state index contributed by atoms with van der Waals surface area (Å²) in [5.41, 5.74) is 5.30. The van der Waals surface area contributed by atoms with Gasteiger partial charge in [0.25, 0.3) is 11.6 Å². The Morgan fingerprint density at radius 3 is 2.46 bits per heavy atom. The number of hydrogen-bond acceptors (Lipinski definition) is 4. The normalized spacial score (nSPS) is 11.2. The Hall–Kier alpha value is -4.76. The summed E-state index contributed by atoms with van der Waals surface area (Å²) in [4.78, 5) is 23.5.